The molecule has 74 valence electrons. The summed E-state index contributed by atoms with van der Waals surface area (Å²) in [4.78, 5) is 0. The van der Waals surface area contributed by atoms with Crippen molar-refractivity contribution in [1.82, 2.24) is 0 Å². The topological polar surface area (TPSA) is 9.23 Å². The third-order valence-electron chi connectivity index (χ3n) is 1.67. The molecule has 0 saturated carbocycles. The van der Waals surface area contributed by atoms with Crippen LogP contribution in [-0.4, -0.2) is 6.61 Å². The van der Waals surface area contributed by atoms with Crippen LogP contribution >= 0.6 is 0 Å². The van der Waals surface area contributed by atoms with Crippen LogP contribution in [0, 0.1) is 24.1 Å². The first kappa shape index (κ1) is 10.6. The Kier molecular flexibility index (Phi) is 3.53. The lowest BCUT2D eigenvalue weighted by molar-refractivity contribution is 0.269. The molecule has 0 heterocycles. The molecule has 0 aliphatic rings. The van der Waals surface area contributed by atoms with Gasteiger partial charge in [0.2, 0.25) is 0 Å². The smallest absolute Gasteiger partial charge is 0.137 e. The maximum absolute atomic E-state index is 12.9. The Hall–Kier alpha value is -1.49. The van der Waals surface area contributed by atoms with Crippen LogP contribution in [0.4, 0.5) is 4.39 Å². The molecule has 14 heavy (non-hydrogen) atoms. The van der Waals surface area contributed by atoms with Crippen molar-refractivity contribution in [3.8, 4) is 18.1 Å². The van der Waals surface area contributed by atoms with Crippen molar-refractivity contribution in [2.24, 2.45) is 5.92 Å². The van der Waals surface area contributed by atoms with Gasteiger partial charge in [0.25, 0.3) is 0 Å². The van der Waals surface area contributed by atoms with E-state index in [-0.39, 0.29) is 5.82 Å². The number of hydrogen-bond acceptors (Lipinski definition) is 1. The van der Waals surface area contributed by atoms with Gasteiger partial charge in [-0.25, -0.2) is 4.39 Å². The fourth-order valence-electron chi connectivity index (χ4n) is 0.991. The molecule has 2 heteroatoms. The van der Waals surface area contributed by atoms with Gasteiger partial charge in [0.15, 0.2) is 0 Å². The molecule has 1 aromatic rings. The number of terminal acetylenes is 1. The highest BCUT2D eigenvalue weighted by Crippen LogP contribution is 2.19. The number of halogens is 1. The number of benzene rings is 1. The third kappa shape index (κ3) is 2.77. The molecular weight excluding hydrogens is 179 g/mol. The molecule has 0 bridgehead atoms. The molecule has 0 unspecified atom stereocenters. The van der Waals surface area contributed by atoms with Gasteiger partial charge < -0.3 is 4.74 Å². The van der Waals surface area contributed by atoms with Crippen LogP contribution in [0.5, 0.6) is 5.75 Å². The normalized spacial score (nSPS) is 9.93. The number of ether oxygens (including phenoxy) is 1. The van der Waals surface area contributed by atoms with Gasteiger partial charge in [-0.05, 0) is 18.1 Å². The van der Waals surface area contributed by atoms with Gasteiger partial charge in [-0.1, -0.05) is 19.8 Å². The molecule has 0 aromatic heterocycles. The molecule has 1 nitrogen and oxygen atoms in total. The summed E-state index contributed by atoms with van der Waals surface area (Å²) in [5.41, 5.74) is 0.590. The number of hydrogen-bond donors (Lipinski definition) is 0. The molecule has 0 aliphatic heterocycles. The van der Waals surface area contributed by atoms with Crippen molar-refractivity contribution in [3.05, 3.63) is 29.6 Å². The third-order valence-corrected chi connectivity index (χ3v) is 1.67. The molecule has 0 saturated heterocycles. The van der Waals surface area contributed by atoms with Crippen LogP contribution in [0.1, 0.15) is 19.4 Å². The van der Waals surface area contributed by atoms with Gasteiger partial charge in [0.05, 0.1) is 12.2 Å². The van der Waals surface area contributed by atoms with E-state index < -0.39 is 0 Å². The average Bonchev–Trinajstić information content (AvgIpc) is 2.15. The summed E-state index contributed by atoms with van der Waals surface area (Å²) in [5.74, 6) is 2.96. The van der Waals surface area contributed by atoms with Crippen molar-refractivity contribution in [1.29, 1.82) is 0 Å². The second-order valence-electron chi connectivity index (χ2n) is 3.49. The van der Waals surface area contributed by atoms with E-state index >= 15 is 0 Å². The predicted molar refractivity (Wildman–Crippen MR) is 54.7 cm³/mol. The first-order chi connectivity index (χ1) is 6.63. The Morgan fingerprint density at radius 3 is 2.79 bits per heavy atom. The lowest BCUT2D eigenvalue weighted by Crippen LogP contribution is -2.05. The van der Waals surface area contributed by atoms with Crippen LogP contribution in [-0.2, 0) is 0 Å². The van der Waals surface area contributed by atoms with E-state index in [9.17, 15) is 4.39 Å². The molecule has 0 aliphatic carbocycles. The van der Waals surface area contributed by atoms with Crippen LogP contribution in [0.3, 0.4) is 0 Å². The average molecular weight is 192 g/mol. The monoisotopic (exact) mass is 192 g/mol. The first-order valence-corrected chi connectivity index (χ1v) is 4.52. The molecule has 0 spiro atoms. The summed E-state index contributed by atoms with van der Waals surface area (Å²) >= 11 is 0. The maximum atomic E-state index is 12.9. The van der Waals surface area contributed by atoms with Crippen LogP contribution in [0.25, 0.3) is 0 Å². The molecular formula is C12H13FO. The minimum Gasteiger partial charge on any atom is -0.492 e. The van der Waals surface area contributed by atoms with Gasteiger partial charge in [-0.15, -0.1) is 6.42 Å². The molecule has 0 N–H and O–H groups in total. The highest BCUT2D eigenvalue weighted by Gasteiger charge is 2.04. The van der Waals surface area contributed by atoms with Crippen molar-refractivity contribution in [2.75, 3.05) is 6.61 Å². The summed E-state index contributed by atoms with van der Waals surface area (Å²) in [7, 11) is 0. The van der Waals surface area contributed by atoms with Crippen molar-refractivity contribution < 1.29 is 9.13 Å². The SMILES string of the molecule is C#Cc1ccc(F)cc1OCC(C)C. The summed E-state index contributed by atoms with van der Waals surface area (Å²) in [6.45, 7) is 4.59. The second kappa shape index (κ2) is 4.66. The Bertz CT molecular complexity index is 350. The lowest BCUT2D eigenvalue weighted by Gasteiger charge is -2.10. The van der Waals surface area contributed by atoms with Crippen LogP contribution in [0.15, 0.2) is 18.2 Å². The number of rotatable bonds is 3. The standard InChI is InChI=1S/C12H13FO/c1-4-10-5-6-11(13)7-12(10)14-8-9(2)3/h1,5-7,9H,8H2,2-3H3. The zero-order valence-corrected chi connectivity index (χ0v) is 8.38. The maximum Gasteiger partial charge on any atom is 0.137 e. The fraction of sp³-hybridized carbons (Fsp3) is 0.333. The van der Waals surface area contributed by atoms with Gasteiger partial charge >= 0.3 is 0 Å². The Morgan fingerprint density at radius 1 is 1.50 bits per heavy atom. The van der Waals surface area contributed by atoms with E-state index in [0.717, 1.165) is 0 Å². The van der Waals surface area contributed by atoms with Gasteiger partial charge in [-0.3, -0.25) is 0 Å². The second-order valence-corrected chi connectivity index (χ2v) is 3.49. The van der Waals surface area contributed by atoms with E-state index in [2.05, 4.69) is 5.92 Å². The van der Waals surface area contributed by atoms with E-state index in [4.69, 9.17) is 11.2 Å². The minimum absolute atomic E-state index is 0.331. The predicted octanol–water partition coefficient (Wildman–Crippen LogP) is 2.84. The highest BCUT2D eigenvalue weighted by molar-refractivity contribution is 5.44. The van der Waals surface area contributed by atoms with E-state index in [1.807, 2.05) is 13.8 Å². The highest BCUT2D eigenvalue weighted by atomic mass is 19.1. The molecule has 0 amide bonds. The molecule has 0 radical (unpaired) electrons. The van der Waals surface area contributed by atoms with Gasteiger partial charge in [-0.2, -0.15) is 0 Å². The van der Waals surface area contributed by atoms with Crippen molar-refractivity contribution >= 4 is 0 Å². The summed E-state index contributed by atoms with van der Waals surface area (Å²) in [6, 6.07) is 4.19. The van der Waals surface area contributed by atoms with E-state index in [0.29, 0.717) is 23.8 Å². The molecule has 1 rings (SSSR count). The van der Waals surface area contributed by atoms with Crippen molar-refractivity contribution in [3.63, 3.8) is 0 Å². The summed E-state index contributed by atoms with van der Waals surface area (Å²) in [6.07, 6.45) is 5.25. The molecule has 1 aromatic carbocycles. The zero-order valence-electron chi connectivity index (χ0n) is 8.38. The van der Waals surface area contributed by atoms with Crippen molar-refractivity contribution in [2.45, 2.75) is 13.8 Å². The largest absolute Gasteiger partial charge is 0.492 e. The molecule has 0 fully saturated rings. The van der Waals surface area contributed by atoms with Crippen LogP contribution in [0.2, 0.25) is 0 Å². The first-order valence-electron chi connectivity index (χ1n) is 4.52. The Balaban J connectivity index is 2.84. The van der Waals surface area contributed by atoms with Crippen LogP contribution < -0.4 is 4.74 Å². The summed E-state index contributed by atoms with van der Waals surface area (Å²) < 4.78 is 18.2. The lowest BCUT2D eigenvalue weighted by atomic mass is 10.2. The Morgan fingerprint density at radius 2 is 2.21 bits per heavy atom. The van der Waals surface area contributed by atoms with Gasteiger partial charge in [0, 0.05) is 6.07 Å². The van der Waals surface area contributed by atoms with Gasteiger partial charge in [0.1, 0.15) is 11.6 Å². The van der Waals surface area contributed by atoms with E-state index in [1.165, 1.54) is 12.1 Å². The zero-order chi connectivity index (χ0) is 10.6. The quantitative estimate of drug-likeness (QED) is 0.669. The molecule has 0 atom stereocenters. The summed E-state index contributed by atoms with van der Waals surface area (Å²) in [5, 5.41) is 0. The van der Waals surface area contributed by atoms with E-state index in [1.54, 1.807) is 6.07 Å². The fourth-order valence-corrected chi connectivity index (χ4v) is 0.991. The Labute approximate surface area is 83.9 Å². The minimum atomic E-state index is -0.331.